The highest BCUT2D eigenvalue weighted by atomic mass is 79.9. The number of carbonyl (C=O) groups is 1. The van der Waals surface area contributed by atoms with Crippen LogP contribution in [0.3, 0.4) is 0 Å². The van der Waals surface area contributed by atoms with Crippen LogP contribution in [0.4, 0.5) is 5.69 Å². The van der Waals surface area contributed by atoms with Crippen molar-refractivity contribution in [1.29, 1.82) is 0 Å². The summed E-state index contributed by atoms with van der Waals surface area (Å²) in [6.45, 7) is 0. The molecular weight excluding hydrogens is 398 g/mol. The van der Waals surface area contributed by atoms with Gasteiger partial charge in [-0.25, -0.2) is 0 Å². The number of fused-ring (bicyclic) bond motifs is 4. The van der Waals surface area contributed by atoms with Crippen LogP contribution in [0.25, 0.3) is 22.3 Å². The van der Waals surface area contributed by atoms with Crippen molar-refractivity contribution in [3.05, 3.63) is 76.9 Å². The van der Waals surface area contributed by atoms with E-state index in [9.17, 15) is 4.79 Å². The second kappa shape index (κ2) is 6.65. The maximum atomic E-state index is 11.7. The average molecular weight is 418 g/mol. The number of hydrogen-bond donors (Lipinski definition) is 1. The minimum absolute atomic E-state index is 0.117. The average Bonchev–Trinajstić information content (AvgIpc) is 3.06. The number of nitrogens with one attached hydrogen (secondary N) is 1. The van der Waals surface area contributed by atoms with Gasteiger partial charge in [0.05, 0.1) is 0 Å². The van der Waals surface area contributed by atoms with Gasteiger partial charge in [-0.15, -0.1) is 0 Å². The van der Waals surface area contributed by atoms with E-state index in [-0.39, 0.29) is 5.91 Å². The molecule has 0 saturated carbocycles. The Morgan fingerprint density at radius 3 is 2.70 bits per heavy atom. The minimum atomic E-state index is 0.117. The number of amides is 1. The molecule has 1 amide bonds. The van der Waals surface area contributed by atoms with Crippen molar-refractivity contribution < 1.29 is 4.79 Å². The third-order valence-electron chi connectivity index (χ3n) is 5.73. The van der Waals surface area contributed by atoms with Gasteiger partial charge in [-0.2, -0.15) is 0 Å². The van der Waals surface area contributed by atoms with Crippen molar-refractivity contribution in [3.8, 4) is 22.3 Å². The Labute approximate surface area is 167 Å². The number of alkyl halides is 1. The molecule has 1 aliphatic heterocycles. The van der Waals surface area contributed by atoms with Crippen LogP contribution in [0, 0.1) is 0 Å². The van der Waals surface area contributed by atoms with Crippen LogP contribution in [-0.2, 0) is 24.1 Å². The molecule has 0 bridgehead atoms. The second-order valence-electron chi connectivity index (χ2n) is 7.32. The van der Waals surface area contributed by atoms with Crippen molar-refractivity contribution in [2.24, 2.45) is 0 Å². The van der Waals surface area contributed by atoms with Crippen LogP contribution < -0.4 is 5.32 Å². The van der Waals surface area contributed by atoms with Gasteiger partial charge >= 0.3 is 0 Å². The van der Waals surface area contributed by atoms with Gasteiger partial charge in [-0.3, -0.25) is 4.79 Å². The molecule has 0 unspecified atom stereocenters. The SMILES string of the molecule is O=C1CCc2cc(-c3c(CCBr)ccc4c3Cc3ccccc3-4)ccc2N1. The van der Waals surface area contributed by atoms with E-state index < -0.39 is 0 Å². The maximum absolute atomic E-state index is 11.7. The standard InChI is InChI=1S/C24H20BrNO/c25-12-11-15-5-8-20-19-4-2-1-3-16(19)14-21(20)24(15)18-6-9-22-17(13-18)7-10-23(27)26-22/h1-6,8-9,13H,7,10-12,14H2,(H,26,27). The summed E-state index contributed by atoms with van der Waals surface area (Å²) >= 11 is 3.62. The number of benzene rings is 3. The first-order valence-corrected chi connectivity index (χ1v) is 10.6. The van der Waals surface area contributed by atoms with E-state index in [0.29, 0.717) is 6.42 Å². The molecule has 1 heterocycles. The van der Waals surface area contributed by atoms with Crippen molar-refractivity contribution in [1.82, 2.24) is 0 Å². The Bertz CT molecular complexity index is 1070. The van der Waals surface area contributed by atoms with Gasteiger partial charge in [0.25, 0.3) is 0 Å². The Morgan fingerprint density at radius 2 is 1.81 bits per heavy atom. The molecule has 2 aliphatic rings. The fourth-order valence-corrected chi connectivity index (χ4v) is 4.90. The lowest BCUT2D eigenvalue weighted by atomic mass is 9.88. The van der Waals surface area contributed by atoms with Gasteiger partial charge in [-0.1, -0.05) is 58.4 Å². The number of carbonyl (C=O) groups excluding carboxylic acids is 1. The molecule has 0 radical (unpaired) electrons. The Morgan fingerprint density at radius 1 is 0.926 bits per heavy atom. The van der Waals surface area contributed by atoms with Crippen LogP contribution in [0.5, 0.6) is 0 Å². The summed E-state index contributed by atoms with van der Waals surface area (Å²) in [6, 6.07) is 19.8. The van der Waals surface area contributed by atoms with Crippen LogP contribution in [0.2, 0.25) is 0 Å². The zero-order valence-electron chi connectivity index (χ0n) is 15.0. The Hall–Kier alpha value is -2.39. The number of rotatable bonds is 3. The van der Waals surface area contributed by atoms with E-state index in [1.54, 1.807) is 0 Å². The molecule has 134 valence electrons. The van der Waals surface area contributed by atoms with Crippen molar-refractivity contribution in [2.45, 2.75) is 25.7 Å². The molecule has 2 nitrogen and oxygen atoms in total. The fourth-order valence-electron chi connectivity index (χ4n) is 4.47. The molecule has 3 aromatic carbocycles. The summed E-state index contributed by atoms with van der Waals surface area (Å²) in [5, 5.41) is 3.95. The normalized spacial score (nSPS) is 14.3. The predicted octanol–water partition coefficient (Wildman–Crippen LogP) is 5.75. The van der Waals surface area contributed by atoms with Crippen LogP contribution in [0.1, 0.15) is 28.7 Å². The summed E-state index contributed by atoms with van der Waals surface area (Å²) in [7, 11) is 0. The molecule has 3 aromatic rings. The molecule has 3 heteroatoms. The van der Waals surface area contributed by atoms with E-state index in [2.05, 4.69) is 75.8 Å². The van der Waals surface area contributed by atoms with Crippen LogP contribution in [-0.4, -0.2) is 11.2 Å². The zero-order valence-corrected chi connectivity index (χ0v) is 16.6. The lowest BCUT2D eigenvalue weighted by molar-refractivity contribution is -0.116. The summed E-state index contributed by atoms with van der Waals surface area (Å²) in [5.41, 5.74) is 11.8. The highest BCUT2D eigenvalue weighted by Crippen LogP contribution is 2.44. The van der Waals surface area contributed by atoms with Gasteiger partial charge in [0.15, 0.2) is 0 Å². The second-order valence-corrected chi connectivity index (χ2v) is 8.11. The summed E-state index contributed by atoms with van der Waals surface area (Å²) in [4.78, 5) is 11.7. The smallest absolute Gasteiger partial charge is 0.224 e. The Balaban J connectivity index is 1.69. The maximum Gasteiger partial charge on any atom is 0.224 e. The third-order valence-corrected chi connectivity index (χ3v) is 6.12. The molecule has 5 rings (SSSR count). The number of hydrogen-bond acceptors (Lipinski definition) is 1. The lowest BCUT2D eigenvalue weighted by Gasteiger charge is -2.20. The quantitative estimate of drug-likeness (QED) is 0.422. The van der Waals surface area contributed by atoms with Gasteiger partial charge in [-0.05, 0) is 75.9 Å². The molecule has 27 heavy (non-hydrogen) atoms. The van der Waals surface area contributed by atoms with Crippen LogP contribution >= 0.6 is 15.9 Å². The lowest BCUT2D eigenvalue weighted by Crippen LogP contribution is -2.18. The van der Waals surface area contributed by atoms with E-state index in [1.807, 2.05) is 0 Å². The van der Waals surface area contributed by atoms with E-state index in [1.165, 1.54) is 44.5 Å². The monoisotopic (exact) mass is 417 g/mol. The van der Waals surface area contributed by atoms with Crippen molar-refractivity contribution >= 4 is 27.5 Å². The molecule has 1 N–H and O–H groups in total. The first kappa shape index (κ1) is 16.8. The van der Waals surface area contributed by atoms with Gasteiger partial charge < -0.3 is 5.32 Å². The molecule has 0 aromatic heterocycles. The van der Waals surface area contributed by atoms with Crippen molar-refractivity contribution in [2.75, 3.05) is 10.6 Å². The summed E-state index contributed by atoms with van der Waals surface area (Å²) in [5.74, 6) is 0.117. The largest absolute Gasteiger partial charge is 0.326 e. The van der Waals surface area contributed by atoms with E-state index in [4.69, 9.17) is 0 Å². The molecule has 0 fully saturated rings. The molecule has 0 atom stereocenters. The minimum Gasteiger partial charge on any atom is -0.326 e. The topological polar surface area (TPSA) is 29.1 Å². The van der Waals surface area contributed by atoms with Crippen molar-refractivity contribution in [3.63, 3.8) is 0 Å². The molecular formula is C24H20BrNO. The first-order valence-electron chi connectivity index (χ1n) is 9.47. The number of anilines is 1. The Kier molecular flexibility index (Phi) is 4.13. The van der Waals surface area contributed by atoms with Gasteiger partial charge in [0.1, 0.15) is 0 Å². The fraction of sp³-hybridized carbons (Fsp3) is 0.208. The van der Waals surface area contributed by atoms with E-state index >= 15 is 0 Å². The molecule has 1 aliphatic carbocycles. The highest BCUT2D eigenvalue weighted by molar-refractivity contribution is 9.09. The summed E-state index contributed by atoms with van der Waals surface area (Å²) in [6.07, 6.45) is 3.39. The predicted molar refractivity (Wildman–Crippen MR) is 115 cm³/mol. The highest BCUT2D eigenvalue weighted by Gasteiger charge is 2.24. The zero-order chi connectivity index (χ0) is 18.4. The molecule has 0 saturated heterocycles. The third kappa shape index (κ3) is 2.81. The number of aryl methyl sites for hydroxylation is 2. The van der Waals surface area contributed by atoms with Crippen LogP contribution in [0.15, 0.2) is 54.6 Å². The first-order chi connectivity index (χ1) is 13.2. The molecule has 0 spiro atoms. The van der Waals surface area contributed by atoms with Gasteiger partial charge in [0, 0.05) is 17.4 Å². The number of halogens is 1. The van der Waals surface area contributed by atoms with Gasteiger partial charge in [0.2, 0.25) is 5.91 Å². The van der Waals surface area contributed by atoms with E-state index in [0.717, 1.165) is 30.3 Å². The summed E-state index contributed by atoms with van der Waals surface area (Å²) < 4.78 is 0.